The van der Waals surface area contributed by atoms with Crippen LogP contribution in [-0.4, -0.2) is 28.7 Å². The Morgan fingerprint density at radius 3 is 2.50 bits per heavy atom. The molecule has 7 nitrogen and oxygen atoms in total. The van der Waals surface area contributed by atoms with Gasteiger partial charge >= 0.3 is 0 Å². The molecule has 0 fully saturated rings. The zero-order valence-electron chi connectivity index (χ0n) is 13.5. The molecule has 0 aliphatic carbocycles. The normalized spacial score (nSPS) is 11.8. The van der Waals surface area contributed by atoms with Gasteiger partial charge in [0.15, 0.2) is 0 Å². The van der Waals surface area contributed by atoms with E-state index in [0.29, 0.717) is 5.56 Å². The van der Waals surface area contributed by atoms with Crippen LogP contribution in [0.5, 0.6) is 0 Å². The summed E-state index contributed by atoms with van der Waals surface area (Å²) in [4.78, 5) is 14.3. The van der Waals surface area contributed by atoms with Crippen LogP contribution in [-0.2, 0) is 22.3 Å². The zero-order valence-corrected chi connectivity index (χ0v) is 14.3. The van der Waals surface area contributed by atoms with Gasteiger partial charge in [0.05, 0.1) is 10.7 Å². The monoisotopic (exact) mass is 349 g/mol. The lowest BCUT2D eigenvalue weighted by molar-refractivity contribution is -0.384. The third-order valence-corrected chi connectivity index (χ3v) is 5.43. The number of nitrogens with zero attached hydrogens (tertiary/aromatic N) is 3. The topological polar surface area (TPSA) is 93.4 Å². The van der Waals surface area contributed by atoms with Crippen molar-refractivity contribution in [2.45, 2.75) is 32.2 Å². The zero-order chi connectivity index (χ0) is 17.7. The first-order valence-electron chi connectivity index (χ1n) is 7.41. The summed E-state index contributed by atoms with van der Waals surface area (Å²) in [7, 11) is -3.63. The van der Waals surface area contributed by atoms with Crippen LogP contribution in [0.1, 0.15) is 25.0 Å². The second-order valence-corrected chi connectivity index (χ2v) is 7.61. The van der Waals surface area contributed by atoms with Gasteiger partial charge in [-0.3, -0.25) is 15.1 Å². The summed E-state index contributed by atoms with van der Waals surface area (Å²) < 4.78 is 26.9. The minimum atomic E-state index is -3.63. The summed E-state index contributed by atoms with van der Waals surface area (Å²) in [6, 6.07) is 9.02. The number of rotatable bonds is 7. The second kappa shape index (κ2) is 7.50. The molecule has 2 rings (SSSR count). The number of sulfonamides is 1. The number of benzene rings is 1. The van der Waals surface area contributed by atoms with Crippen molar-refractivity contribution in [2.24, 2.45) is 0 Å². The van der Waals surface area contributed by atoms with Crippen LogP contribution in [0, 0.1) is 10.1 Å². The molecule has 0 radical (unpaired) electrons. The van der Waals surface area contributed by atoms with Crippen molar-refractivity contribution in [1.29, 1.82) is 0 Å². The van der Waals surface area contributed by atoms with Crippen LogP contribution in [0.4, 0.5) is 5.69 Å². The van der Waals surface area contributed by atoms with Crippen molar-refractivity contribution in [2.75, 3.05) is 0 Å². The summed E-state index contributed by atoms with van der Waals surface area (Å²) in [6.45, 7) is 3.80. The van der Waals surface area contributed by atoms with Gasteiger partial charge in [0.25, 0.3) is 5.69 Å². The molecule has 128 valence electrons. The average molecular weight is 349 g/mol. The van der Waals surface area contributed by atoms with Gasteiger partial charge in [-0.2, -0.15) is 4.31 Å². The highest BCUT2D eigenvalue weighted by Crippen LogP contribution is 2.20. The highest BCUT2D eigenvalue weighted by atomic mass is 32.2. The fourth-order valence-electron chi connectivity index (χ4n) is 2.33. The molecule has 0 saturated carbocycles. The Labute approximate surface area is 141 Å². The maximum Gasteiger partial charge on any atom is 0.269 e. The number of aromatic nitrogens is 1. The quantitative estimate of drug-likeness (QED) is 0.566. The number of hydrogen-bond acceptors (Lipinski definition) is 5. The molecule has 1 heterocycles. The fraction of sp³-hybridized carbons (Fsp3) is 0.312. The number of non-ortho nitro benzene ring substituents is 1. The van der Waals surface area contributed by atoms with Crippen LogP contribution >= 0.6 is 0 Å². The predicted octanol–water partition coefficient (Wildman–Crippen LogP) is 2.73. The number of nitro benzene ring substituents is 1. The average Bonchev–Trinajstić information content (AvgIpc) is 2.53. The first-order chi connectivity index (χ1) is 11.3. The molecule has 0 aliphatic heterocycles. The van der Waals surface area contributed by atoms with Crippen molar-refractivity contribution < 1.29 is 13.3 Å². The largest absolute Gasteiger partial charge is 0.269 e. The van der Waals surface area contributed by atoms with E-state index >= 15 is 0 Å². The third-order valence-electron chi connectivity index (χ3n) is 3.46. The van der Waals surface area contributed by atoms with E-state index in [4.69, 9.17) is 0 Å². The molecule has 0 unspecified atom stereocenters. The first-order valence-corrected chi connectivity index (χ1v) is 9.02. The number of hydrogen-bond donors (Lipinski definition) is 0. The maximum atomic E-state index is 12.8. The Hall–Kier alpha value is -2.32. The van der Waals surface area contributed by atoms with Crippen LogP contribution in [0.3, 0.4) is 0 Å². The fourth-order valence-corrected chi connectivity index (χ4v) is 4.08. The van der Waals surface area contributed by atoms with Crippen molar-refractivity contribution >= 4 is 15.7 Å². The summed E-state index contributed by atoms with van der Waals surface area (Å²) in [5, 5.41) is 10.8. The van der Waals surface area contributed by atoms with Gasteiger partial charge in [0.1, 0.15) is 0 Å². The molecule has 0 bridgehead atoms. The lowest BCUT2D eigenvalue weighted by Gasteiger charge is -2.26. The smallest absolute Gasteiger partial charge is 0.264 e. The first kappa shape index (κ1) is 18.0. The summed E-state index contributed by atoms with van der Waals surface area (Å²) in [6.07, 6.45) is 3.25. The highest BCUT2D eigenvalue weighted by molar-refractivity contribution is 7.88. The van der Waals surface area contributed by atoms with Gasteiger partial charge in [-0.15, -0.1) is 0 Å². The van der Waals surface area contributed by atoms with Crippen molar-refractivity contribution in [3.63, 3.8) is 0 Å². The van der Waals surface area contributed by atoms with Gasteiger partial charge in [0.2, 0.25) is 10.0 Å². The van der Waals surface area contributed by atoms with Crippen LogP contribution in [0.15, 0.2) is 48.8 Å². The maximum absolute atomic E-state index is 12.8. The summed E-state index contributed by atoms with van der Waals surface area (Å²) >= 11 is 0. The molecule has 0 saturated heterocycles. The van der Waals surface area contributed by atoms with Crippen LogP contribution in [0.2, 0.25) is 0 Å². The number of nitro groups is 1. The Balaban J connectivity index is 2.25. The molecule has 0 spiro atoms. The molecule has 0 atom stereocenters. The van der Waals surface area contributed by atoms with E-state index in [1.807, 2.05) is 6.07 Å². The van der Waals surface area contributed by atoms with E-state index in [1.54, 1.807) is 38.4 Å². The Morgan fingerprint density at radius 2 is 1.92 bits per heavy atom. The van der Waals surface area contributed by atoms with E-state index in [0.717, 1.165) is 5.56 Å². The molecular weight excluding hydrogens is 330 g/mol. The minimum Gasteiger partial charge on any atom is -0.264 e. The van der Waals surface area contributed by atoms with E-state index in [2.05, 4.69) is 4.98 Å². The molecule has 1 aromatic carbocycles. The lowest BCUT2D eigenvalue weighted by Crippen LogP contribution is -2.37. The summed E-state index contributed by atoms with van der Waals surface area (Å²) in [5.74, 6) is -0.285. The van der Waals surface area contributed by atoms with Gasteiger partial charge < -0.3 is 0 Å². The molecular formula is C16H19N3O4S. The second-order valence-electron chi connectivity index (χ2n) is 5.68. The van der Waals surface area contributed by atoms with Gasteiger partial charge in [-0.1, -0.05) is 18.2 Å². The third kappa shape index (κ3) is 4.59. The molecule has 0 N–H and O–H groups in total. The van der Waals surface area contributed by atoms with Gasteiger partial charge in [0, 0.05) is 37.1 Å². The standard InChI is InChI=1S/C16H19N3O4S/c1-13(2)18(11-15-6-4-8-17-10-15)24(22,23)12-14-5-3-7-16(9-14)19(20)21/h3-10,13H,11-12H2,1-2H3. The van der Waals surface area contributed by atoms with E-state index < -0.39 is 14.9 Å². The SMILES string of the molecule is CC(C)N(Cc1cccnc1)S(=O)(=O)Cc1cccc([N+](=O)[O-])c1. The predicted molar refractivity (Wildman–Crippen MR) is 90.6 cm³/mol. The molecule has 24 heavy (non-hydrogen) atoms. The lowest BCUT2D eigenvalue weighted by atomic mass is 10.2. The highest BCUT2D eigenvalue weighted by Gasteiger charge is 2.26. The molecule has 8 heteroatoms. The van der Waals surface area contributed by atoms with Crippen LogP contribution < -0.4 is 0 Å². The Bertz CT molecular complexity index is 807. The Kier molecular flexibility index (Phi) is 5.63. The van der Waals surface area contributed by atoms with Crippen LogP contribution in [0.25, 0.3) is 0 Å². The van der Waals surface area contributed by atoms with Crippen molar-refractivity contribution in [3.05, 3.63) is 70.0 Å². The van der Waals surface area contributed by atoms with Gasteiger partial charge in [-0.25, -0.2) is 8.42 Å². The van der Waals surface area contributed by atoms with E-state index in [-0.39, 0.29) is 24.0 Å². The molecule has 0 amide bonds. The molecule has 1 aromatic heterocycles. The number of pyridine rings is 1. The van der Waals surface area contributed by atoms with E-state index in [1.165, 1.54) is 22.5 Å². The minimum absolute atomic E-state index is 0.119. The van der Waals surface area contributed by atoms with Crippen molar-refractivity contribution in [3.8, 4) is 0 Å². The molecule has 2 aromatic rings. The van der Waals surface area contributed by atoms with Gasteiger partial charge in [-0.05, 0) is 31.0 Å². The summed E-state index contributed by atoms with van der Waals surface area (Å²) in [5.41, 5.74) is 1.06. The molecule has 0 aliphatic rings. The van der Waals surface area contributed by atoms with Crippen molar-refractivity contribution in [1.82, 2.24) is 9.29 Å². The van der Waals surface area contributed by atoms with E-state index in [9.17, 15) is 18.5 Å². The Morgan fingerprint density at radius 1 is 1.21 bits per heavy atom.